The van der Waals surface area contributed by atoms with Gasteiger partial charge in [0.15, 0.2) is 0 Å². The maximum Gasteiger partial charge on any atom is 0.241 e. The maximum absolute atomic E-state index is 13.5. The van der Waals surface area contributed by atoms with Crippen molar-refractivity contribution in [2.75, 3.05) is 19.4 Å². The molecule has 25 heavy (non-hydrogen) atoms. The highest BCUT2D eigenvalue weighted by molar-refractivity contribution is 5.93. The number of nitrogens with zero attached hydrogens (tertiary/aromatic N) is 3. The van der Waals surface area contributed by atoms with Crippen molar-refractivity contribution in [3.63, 3.8) is 0 Å². The molecular weight excluding hydrogens is 319 g/mol. The second-order valence-electron chi connectivity index (χ2n) is 6.36. The van der Waals surface area contributed by atoms with Crippen LogP contribution < -0.4 is 5.32 Å². The zero-order chi connectivity index (χ0) is 18.1. The lowest BCUT2D eigenvalue weighted by Gasteiger charge is -2.14. The summed E-state index contributed by atoms with van der Waals surface area (Å²) in [4.78, 5) is 18.0. The number of nitrogens with one attached hydrogen (secondary N) is 1. The third-order valence-electron chi connectivity index (χ3n) is 4.24. The summed E-state index contributed by atoms with van der Waals surface area (Å²) in [6.07, 6.45) is 3.58. The van der Waals surface area contributed by atoms with Crippen LogP contribution in [0.3, 0.4) is 0 Å². The van der Waals surface area contributed by atoms with E-state index in [2.05, 4.69) is 10.3 Å². The van der Waals surface area contributed by atoms with Crippen LogP contribution in [0, 0.1) is 19.7 Å². The fraction of sp³-hybridized carbons (Fsp3) is 0.263. The Bertz CT molecular complexity index is 923. The summed E-state index contributed by atoms with van der Waals surface area (Å²) in [7, 11) is 3.48. The van der Waals surface area contributed by atoms with E-state index in [1.54, 1.807) is 25.2 Å². The maximum atomic E-state index is 13.5. The Morgan fingerprint density at radius 1 is 1.24 bits per heavy atom. The predicted molar refractivity (Wildman–Crippen MR) is 97.6 cm³/mol. The Morgan fingerprint density at radius 2 is 1.92 bits per heavy atom. The lowest BCUT2D eigenvalue weighted by atomic mass is 10.1. The number of fused-ring (bicyclic) bond motifs is 1. The van der Waals surface area contributed by atoms with Gasteiger partial charge in [-0.15, -0.1) is 0 Å². The summed E-state index contributed by atoms with van der Waals surface area (Å²) >= 11 is 0. The Kier molecular flexibility index (Phi) is 4.44. The van der Waals surface area contributed by atoms with Gasteiger partial charge >= 0.3 is 0 Å². The number of rotatable bonds is 4. The first-order chi connectivity index (χ1) is 11.9. The van der Waals surface area contributed by atoms with Crippen LogP contribution >= 0.6 is 0 Å². The van der Waals surface area contributed by atoms with Gasteiger partial charge in [-0.25, -0.2) is 9.37 Å². The molecule has 0 spiro atoms. The zero-order valence-corrected chi connectivity index (χ0v) is 14.8. The third-order valence-corrected chi connectivity index (χ3v) is 4.24. The van der Waals surface area contributed by atoms with Crippen LogP contribution in [0.1, 0.15) is 11.1 Å². The number of pyridine rings is 1. The third kappa shape index (κ3) is 3.33. The summed E-state index contributed by atoms with van der Waals surface area (Å²) in [5, 5.41) is 4.23. The van der Waals surface area contributed by atoms with Gasteiger partial charge in [0, 0.05) is 37.6 Å². The molecule has 0 atom stereocenters. The minimum Gasteiger partial charge on any atom is -0.347 e. The quantitative estimate of drug-likeness (QED) is 0.789. The molecule has 0 aliphatic heterocycles. The van der Waals surface area contributed by atoms with E-state index in [1.165, 1.54) is 12.1 Å². The van der Waals surface area contributed by atoms with E-state index < -0.39 is 0 Å². The molecule has 1 aromatic carbocycles. The van der Waals surface area contributed by atoms with Gasteiger partial charge in [-0.05, 0) is 49.2 Å². The molecular formula is C19H21FN4O. The summed E-state index contributed by atoms with van der Waals surface area (Å²) in [5.74, 6) is 0.459. The smallest absolute Gasteiger partial charge is 0.241 e. The van der Waals surface area contributed by atoms with E-state index in [1.807, 2.05) is 36.7 Å². The highest BCUT2D eigenvalue weighted by Gasteiger charge is 2.13. The largest absolute Gasteiger partial charge is 0.347 e. The lowest BCUT2D eigenvalue weighted by Crippen LogP contribution is -2.25. The second-order valence-corrected chi connectivity index (χ2v) is 6.36. The number of likely N-dealkylation sites (N-methyl/N-ethyl adjacent to an activating group) is 1. The molecule has 0 unspecified atom stereocenters. The molecule has 0 bridgehead atoms. The van der Waals surface area contributed by atoms with Gasteiger partial charge in [0.2, 0.25) is 5.91 Å². The molecule has 0 saturated carbocycles. The van der Waals surface area contributed by atoms with Gasteiger partial charge in [-0.3, -0.25) is 4.79 Å². The van der Waals surface area contributed by atoms with Crippen molar-refractivity contribution in [2.24, 2.45) is 0 Å². The number of benzene rings is 1. The van der Waals surface area contributed by atoms with Gasteiger partial charge in [-0.1, -0.05) is 0 Å². The number of halogens is 1. The number of aromatic nitrogens is 2. The summed E-state index contributed by atoms with van der Waals surface area (Å²) in [6, 6.07) is 6.81. The fourth-order valence-electron chi connectivity index (χ4n) is 2.87. The fourth-order valence-corrected chi connectivity index (χ4v) is 2.87. The number of aryl methyl sites for hydroxylation is 2. The van der Waals surface area contributed by atoms with E-state index in [0.29, 0.717) is 5.82 Å². The van der Waals surface area contributed by atoms with E-state index in [4.69, 9.17) is 0 Å². The molecule has 1 amide bonds. The molecule has 0 radical (unpaired) electrons. The molecule has 6 heteroatoms. The molecule has 3 rings (SSSR count). The second kappa shape index (κ2) is 6.55. The van der Waals surface area contributed by atoms with Gasteiger partial charge in [0.05, 0.1) is 5.52 Å². The Labute approximate surface area is 146 Å². The summed E-state index contributed by atoms with van der Waals surface area (Å²) in [5.41, 5.74) is 3.40. The first kappa shape index (κ1) is 17.0. The zero-order valence-electron chi connectivity index (χ0n) is 14.8. The number of amides is 1. The molecule has 1 N–H and O–H groups in total. The minimum atomic E-state index is -0.250. The van der Waals surface area contributed by atoms with Gasteiger partial charge in [-0.2, -0.15) is 0 Å². The van der Waals surface area contributed by atoms with Crippen LogP contribution in [-0.4, -0.2) is 34.5 Å². The van der Waals surface area contributed by atoms with Crippen molar-refractivity contribution < 1.29 is 9.18 Å². The number of hydrogen-bond acceptors (Lipinski definition) is 3. The molecule has 3 aromatic rings. The molecule has 0 saturated heterocycles. The van der Waals surface area contributed by atoms with Gasteiger partial charge in [0.1, 0.15) is 18.2 Å². The van der Waals surface area contributed by atoms with Crippen LogP contribution in [0.5, 0.6) is 0 Å². The van der Waals surface area contributed by atoms with Crippen LogP contribution in [0.25, 0.3) is 10.9 Å². The topological polar surface area (TPSA) is 50.2 Å². The van der Waals surface area contributed by atoms with Crippen LogP contribution in [0.4, 0.5) is 15.9 Å². The molecule has 0 aliphatic rings. The van der Waals surface area contributed by atoms with Gasteiger partial charge in [0.25, 0.3) is 0 Å². The number of carbonyl (C=O) groups is 1. The highest BCUT2D eigenvalue weighted by atomic mass is 19.1. The SMILES string of the molecule is Cc1cc(F)cc(C)c1Nc1nccc2c1ccn2CC(=O)N(C)C. The monoisotopic (exact) mass is 340 g/mol. The van der Waals surface area contributed by atoms with Crippen molar-refractivity contribution in [1.29, 1.82) is 0 Å². The molecule has 130 valence electrons. The van der Waals surface area contributed by atoms with Crippen molar-refractivity contribution >= 4 is 28.3 Å². The number of carbonyl (C=O) groups excluding carboxylic acids is 1. The Hall–Kier alpha value is -2.89. The Balaban J connectivity index is 1.99. The average molecular weight is 340 g/mol. The van der Waals surface area contributed by atoms with Gasteiger partial charge < -0.3 is 14.8 Å². The summed E-state index contributed by atoms with van der Waals surface area (Å²) < 4.78 is 15.4. The molecule has 0 aliphatic carbocycles. The van der Waals surface area contributed by atoms with E-state index in [-0.39, 0.29) is 18.3 Å². The normalized spacial score (nSPS) is 10.9. The van der Waals surface area contributed by atoms with Crippen molar-refractivity contribution in [3.05, 3.63) is 53.6 Å². The van der Waals surface area contributed by atoms with Crippen LogP contribution in [-0.2, 0) is 11.3 Å². The Morgan fingerprint density at radius 3 is 2.56 bits per heavy atom. The predicted octanol–water partition coefficient (Wildman–Crippen LogP) is 3.62. The van der Waals surface area contributed by atoms with Crippen molar-refractivity contribution in [1.82, 2.24) is 14.5 Å². The van der Waals surface area contributed by atoms with E-state index in [9.17, 15) is 9.18 Å². The van der Waals surface area contributed by atoms with Crippen LogP contribution in [0.2, 0.25) is 0 Å². The molecule has 0 fully saturated rings. The molecule has 2 aromatic heterocycles. The van der Waals surface area contributed by atoms with Crippen molar-refractivity contribution in [2.45, 2.75) is 20.4 Å². The average Bonchev–Trinajstić information content (AvgIpc) is 2.94. The molecule has 5 nitrogen and oxygen atoms in total. The lowest BCUT2D eigenvalue weighted by molar-refractivity contribution is -0.129. The summed E-state index contributed by atoms with van der Waals surface area (Å²) in [6.45, 7) is 3.99. The number of hydrogen-bond donors (Lipinski definition) is 1. The molecule has 2 heterocycles. The van der Waals surface area contributed by atoms with E-state index >= 15 is 0 Å². The standard InChI is InChI=1S/C19H21FN4O/c1-12-9-14(20)10-13(2)18(12)22-19-15-6-8-24(11-17(25)23(3)4)16(15)5-7-21-19/h5-10H,11H2,1-4H3,(H,21,22). The first-order valence-electron chi connectivity index (χ1n) is 8.04. The van der Waals surface area contributed by atoms with E-state index in [0.717, 1.165) is 27.7 Å². The van der Waals surface area contributed by atoms with Crippen LogP contribution in [0.15, 0.2) is 36.7 Å². The first-order valence-corrected chi connectivity index (χ1v) is 8.04. The van der Waals surface area contributed by atoms with Crippen molar-refractivity contribution in [3.8, 4) is 0 Å². The number of anilines is 2. The highest BCUT2D eigenvalue weighted by Crippen LogP contribution is 2.29. The minimum absolute atomic E-state index is 0.0223.